The lowest BCUT2D eigenvalue weighted by Crippen LogP contribution is -2.13. The molecule has 2 rings (SSSR count). The van der Waals surface area contributed by atoms with Crippen LogP contribution in [0.5, 0.6) is 0 Å². The molecule has 0 radical (unpaired) electrons. The first-order chi connectivity index (χ1) is 7.65. The Balaban J connectivity index is 2.63. The standard InChI is InChI=1S/C12H16ClN3/c1-3-5-9(14)12-8(2)15-11-7-4-6-10(13)16(11)12/h4,6-7,9H,3,5,14H2,1-2H3. The third-order valence-electron chi connectivity index (χ3n) is 2.77. The van der Waals surface area contributed by atoms with E-state index in [2.05, 4.69) is 11.9 Å². The molecule has 3 nitrogen and oxygen atoms in total. The van der Waals surface area contributed by atoms with Crippen LogP contribution in [0.3, 0.4) is 0 Å². The van der Waals surface area contributed by atoms with Crippen LogP contribution in [0.1, 0.15) is 37.2 Å². The highest BCUT2D eigenvalue weighted by Crippen LogP contribution is 2.24. The lowest BCUT2D eigenvalue weighted by atomic mass is 10.1. The zero-order valence-corrected chi connectivity index (χ0v) is 10.3. The first-order valence-electron chi connectivity index (χ1n) is 5.54. The quantitative estimate of drug-likeness (QED) is 0.834. The van der Waals surface area contributed by atoms with E-state index < -0.39 is 0 Å². The summed E-state index contributed by atoms with van der Waals surface area (Å²) in [6.45, 7) is 4.11. The van der Waals surface area contributed by atoms with E-state index in [1.165, 1.54) is 0 Å². The second kappa shape index (κ2) is 4.44. The minimum absolute atomic E-state index is 0.0000926. The molecular weight excluding hydrogens is 222 g/mol. The average Bonchev–Trinajstić information content (AvgIpc) is 2.56. The summed E-state index contributed by atoms with van der Waals surface area (Å²) in [5, 5.41) is 0.666. The molecule has 0 aromatic carbocycles. The van der Waals surface area contributed by atoms with Crippen molar-refractivity contribution in [3.8, 4) is 0 Å². The molecule has 16 heavy (non-hydrogen) atoms. The van der Waals surface area contributed by atoms with Crippen LogP contribution in [-0.2, 0) is 0 Å². The fraction of sp³-hybridized carbons (Fsp3) is 0.417. The van der Waals surface area contributed by atoms with Crippen molar-refractivity contribution in [3.05, 3.63) is 34.7 Å². The van der Waals surface area contributed by atoms with E-state index in [4.69, 9.17) is 17.3 Å². The third-order valence-corrected chi connectivity index (χ3v) is 3.06. The number of hydrogen-bond donors (Lipinski definition) is 1. The van der Waals surface area contributed by atoms with Gasteiger partial charge in [-0.2, -0.15) is 0 Å². The maximum absolute atomic E-state index is 6.19. The van der Waals surface area contributed by atoms with E-state index in [0.29, 0.717) is 5.15 Å². The topological polar surface area (TPSA) is 43.3 Å². The van der Waals surface area contributed by atoms with Crippen LogP contribution < -0.4 is 5.73 Å². The van der Waals surface area contributed by atoms with Gasteiger partial charge >= 0.3 is 0 Å². The highest BCUT2D eigenvalue weighted by atomic mass is 35.5. The van der Waals surface area contributed by atoms with Crippen LogP contribution in [0, 0.1) is 6.92 Å². The van der Waals surface area contributed by atoms with E-state index in [1.54, 1.807) is 0 Å². The summed E-state index contributed by atoms with van der Waals surface area (Å²) in [6, 6.07) is 5.71. The van der Waals surface area contributed by atoms with Crippen LogP contribution in [-0.4, -0.2) is 9.38 Å². The normalized spacial score (nSPS) is 13.2. The summed E-state index contributed by atoms with van der Waals surface area (Å²) in [4.78, 5) is 4.48. The fourth-order valence-electron chi connectivity index (χ4n) is 2.07. The molecule has 2 aromatic rings. The molecular formula is C12H16ClN3. The Kier molecular flexibility index (Phi) is 3.17. The number of imidazole rings is 1. The van der Waals surface area contributed by atoms with Gasteiger partial charge in [-0.05, 0) is 25.5 Å². The number of aromatic nitrogens is 2. The van der Waals surface area contributed by atoms with Gasteiger partial charge in [-0.1, -0.05) is 31.0 Å². The molecule has 86 valence electrons. The van der Waals surface area contributed by atoms with Crippen LogP contribution >= 0.6 is 11.6 Å². The van der Waals surface area contributed by atoms with Gasteiger partial charge in [0.15, 0.2) is 0 Å². The molecule has 0 fully saturated rings. The van der Waals surface area contributed by atoms with Gasteiger partial charge in [0, 0.05) is 6.04 Å². The summed E-state index contributed by atoms with van der Waals surface area (Å²) >= 11 is 6.19. The van der Waals surface area contributed by atoms with Gasteiger partial charge in [-0.25, -0.2) is 4.98 Å². The second-order valence-electron chi connectivity index (χ2n) is 4.02. The first-order valence-corrected chi connectivity index (χ1v) is 5.92. The molecule has 4 heteroatoms. The smallest absolute Gasteiger partial charge is 0.138 e. The number of hydrogen-bond acceptors (Lipinski definition) is 2. The molecule has 0 saturated heterocycles. The first kappa shape index (κ1) is 11.4. The highest BCUT2D eigenvalue weighted by Gasteiger charge is 2.16. The molecule has 0 aliphatic rings. The van der Waals surface area contributed by atoms with Crippen molar-refractivity contribution in [2.24, 2.45) is 5.73 Å². The minimum atomic E-state index is -0.0000926. The number of nitrogens with two attached hydrogens (primary N) is 1. The van der Waals surface area contributed by atoms with Crippen molar-refractivity contribution in [3.63, 3.8) is 0 Å². The van der Waals surface area contributed by atoms with Crippen molar-refractivity contribution >= 4 is 17.2 Å². The number of rotatable bonds is 3. The van der Waals surface area contributed by atoms with Crippen molar-refractivity contribution in [2.75, 3.05) is 0 Å². The maximum Gasteiger partial charge on any atom is 0.138 e. The number of halogens is 1. The Labute approximate surface area is 100 Å². The van der Waals surface area contributed by atoms with E-state index >= 15 is 0 Å². The Hall–Kier alpha value is -1.06. The Morgan fingerprint density at radius 2 is 2.25 bits per heavy atom. The van der Waals surface area contributed by atoms with Crippen LogP contribution in [0.25, 0.3) is 5.65 Å². The van der Waals surface area contributed by atoms with Crippen molar-refractivity contribution in [2.45, 2.75) is 32.7 Å². The van der Waals surface area contributed by atoms with Gasteiger partial charge in [-0.3, -0.25) is 4.40 Å². The van der Waals surface area contributed by atoms with Crippen molar-refractivity contribution in [1.82, 2.24) is 9.38 Å². The summed E-state index contributed by atoms with van der Waals surface area (Å²) in [5.41, 5.74) is 9.03. The summed E-state index contributed by atoms with van der Waals surface area (Å²) in [5.74, 6) is 0. The predicted molar refractivity (Wildman–Crippen MR) is 66.8 cm³/mol. The molecule has 0 spiro atoms. The van der Waals surface area contributed by atoms with Gasteiger partial charge in [-0.15, -0.1) is 0 Å². The van der Waals surface area contributed by atoms with Gasteiger partial charge in [0.05, 0.1) is 11.4 Å². The number of nitrogens with zero attached hydrogens (tertiary/aromatic N) is 2. The molecule has 2 N–H and O–H groups in total. The van der Waals surface area contributed by atoms with Crippen LogP contribution in [0.15, 0.2) is 18.2 Å². The summed E-state index contributed by atoms with van der Waals surface area (Å²) < 4.78 is 1.94. The number of pyridine rings is 1. The van der Waals surface area contributed by atoms with Crippen LogP contribution in [0.4, 0.5) is 0 Å². The Morgan fingerprint density at radius 1 is 1.50 bits per heavy atom. The summed E-state index contributed by atoms with van der Waals surface area (Å²) in [7, 11) is 0. The molecule has 0 amide bonds. The fourth-order valence-corrected chi connectivity index (χ4v) is 2.32. The van der Waals surface area contributed by atoms with E-state index in [9.17, 15) is 0 Å². The van der Waals surface area contributed by atoms with E-state index in [1.807, 2.05) is 29.5 Å². The third kappa shape index (κ3) is 1.81. The number of fused-ring (bicyclic) bond motifs is 1. The van der Waals surface area contributed by atoms with Gasteiger partial charge in [0.1, 0.15) is 10.8 Å². The number of aryl methyl sites for hydroxylation is 1. The minimum Gasteiger partial charge on any atom is -0.323 e. The van der Waals surface area contributed by atoms with Gasteiger partial charge < -0.3 is 5.73 Å². The molecule has 0 aliphatic heterocycles. The lowest BCUT2D eigenvalue weighted by molar-refractivity contribution is 0.613. The molecule has 1 unspecified atom stereocenters. The zero-order valence-electron chi connectivity index (χ0n) is 9.57. The Bertz CT molecular complexity index is 504. The molecule has 0 bridgehead atoms. The van der Waals surface area contributed by atoms with E-state index in [0.717, 1.165) is 29.9 Å². The molecule has 0 aliphatic carbocycles. The average molecular weight is 238 g/mol. The van der Waals surface area contributed by atoms with E-state index in [-0.39, 0.29) is 6.04 Å². The Morgan fingerprint density at radius 3 is 2.94 bits per heavy atom. The highest BCUT2D eigenvalue weighted by molar-refractivity contribution is 6.29. The second-order valence-corrected chi connectivity index (χ2v) is 4.41. The summed E-state index contributed by atoms with van der Waals surface area (Å²) in [6.07, 6.45) is 2.00. The maximum atomic E-state index is 6.19. The predicted octanol–water partition coefficient (Wildman–Crippen LogP) is 3.10. The lowest BCUT2D eigenvalue weighted by Gasteiger charge is -2.12. The molecule has 0 saturated carbocycles. The monoisotopic (exact) mass is 237 g/mol. The van der Waals surface area contributed by atoms with Crippen molar-refractivity contribution in [1.29, 1.82) is 0 Å². The van der Waals surface area contributed by atoms with Crippen molar-refractivity contribution < 1.29 is 0 Å². The van der Waals surface area contributed by atoms with Crippen LogP contribution in [0.2, 0.25) is 5.15 Å². The molecule has 2 aromatic heterocycles. The zero-order chi connectivity index (χ0) is 11.7. The SMILES string of the molecule is CCCC(N)c1c(C)nc2cccc(Cl)n12. The largest absolute Gasteiger partial charge is 0.323 e. The molecule has 2 heterocycles. The van der Waals surface area contributed by atoms with Gasteiger partial charge in [0.25, 0.3) is 0 Å². The molecule has 1 atom stereocenters. The van der Waals surface area contributed by atoms with Gasteiger partial charge in [0.2, 0.25) is 0 Å².